The van der Waals surface area contributed by atoms with Crippen LogP contribution >= 0.6 is 0 Å². The van der Waals surface area contributed by atoms with E-state index in [0.29, 0.717) is 0 Å². The van der Waals surface area contributed by atoms with Crippen LogP contribution < -0.4 is 0 Å². The van der Waals surface area contributed by atoms with Crippen LogP contribution in [0.1, 0.15) is 239 Å². The van der Waals surface area contributed by atoms with Gasteiger partial charge in [0.15, 0.2) is 0 Å². The molecule has 230 valence electrons. The Hall–Kier alpha value is 0. The van der Waals surface area contributed by atoms with E-state index in [1.165, 1.54) is 218 Å². The van der Waals surface area contributed by atoms with Gasteiger partial charge in [-0.25, -0.2) is 0 Å². The maximum atomic E-state index is 2.51. The summed E-state index contributed by atoms with van der Waals surface area (Å²) in [6.45, 7) is 7.13. The molecule has 0 N–H and O–H groups in total. The van der Waals surface area contributed by atoms with Crippen molar-refractivity contribution in [2.24, 2.45) is 5.92 Å². The van der Waals surface area contributed by atoms with Gasteiger partial charge in [0.25, 0.3) is 0 Å². The Morgan fingerprint density at radius 1 is 0.237 bits per heavy atom. The molecule has 0 fully saturated rings. The van der Waals surface area contributed by atoms with Gasteiger partial charge in [-0.3, -0.25) is 0 Å². The fraction of sp³-hybridized carbons (Fsp3) is 1.00. The van der Waals surface area contributed by atoms with E-state index < -0.39 is 0 Å². The summed E-state index contributed by atoms with van der Waals surface area (Å²) in [5.41, 5.74) is 0. The molecule has 0 amide bonds. The van der Waals surface area contributed by atoms with E-state index in [9.17, 15) is 0 Å². The van der Waals surface area contributed by atoms with Crippen molar-refractivity contribution in [1.82, 2.24) is 0 Å². The molecule has 0 spiro atoms. The molecule has 0 aliphatic carbocycles. The second-order valence-corrected chi connectivity index (χ2v) is 13.3. The molecule has 0 unspecified atom stereocenters. The highest BCUT2D eigenvalue weighted by Crippen LogP contribution is 2.20. The lowest BCUT2D eigenvalue weighted by Crippen LogP contribution is -1.95. The van der Waals surface area contributed by atoms with Crippen molar-refractivity contribution in [3.8, 4) is 0 Å². The number of unbranched alkanes of at least 4 members (excludes halogenated alkanes) is 30. The lowest BCUT2D eigenvalue weighted by Gasteiger charge is -2.11. The SMILES string of the molecule is CCCCCCCCCCCCCCCCCCC(C)CCCCCCCCCCCCCCCCCC. The first-order valence-corrected chi connectivity index (χ1v) is 18.8. The number of hydrogen-bond acceptors (Lipinski definition) is 0. The zero-order valence-electron chi connectivity index (χ0n) is 27.6. The maximum Gasteiger partial charge on any atom is -0.0443 e. The summed E-state index contributed by atoms with van der Waals surface area (Å²) >= 11 is 0. The van der Waals surface area contributed by atoms with Gasteiger partial charge in [0.2, 0.25) is 0 Å². The molecule has 0 heteroatoms. The number of hydrogen-bond donors (Lipinski definition) is 0. The normalized spacial score (nSPS) is 11.7. The van der Waals surface area contributed by atoms with Crippen molar-refractivity contribution >= 4 is 0 Å². The average molecular weight is 535 g/mol. The molecule has 0 aromatic carbocycles. The summed E-state index contributed by atoms with van der Waals surface area (Å²) in [4.78, 5) is 0. The highest BCUT2D eigenvalue weighted by molar-refractivity contribution is 4.57. The molecule has 0 aliphatic heterocycles. The minimum absolute atomic E-state index is 0.966. The van der Waals surface area contributed by atoms with Crippen LogP contribution in [0.5, 0.6) is 0 Å². The third kappa shape index (κ3) is 34.0. The zero-order chi connectivity index (χ0) is 27.6. The van der Waals surface area contributed by atoms with Crippen molar-refractivity contribution < 1.29 is 0 Å². The Kier molecular flexibility index (Phi) is 35.0. The van der Waals surface area contributed by atoms with Gasteiger partial charge in [0.05, 0.1) is 0 Å². The summed E-state index contributed by atoms with van der Waals surface area (Å²) in [6, 6.07) is 0. The summed E-state index contributed by atoms with van der Waals surface area (Å²) in [5.74, 6) is 0.966. The van der Waals surface area contributed by atoms with E-state index in [2.05, 4.69) is 20.8 Å². The molecule has 0 heterocycles. The van der Waals surface area contributed by atoms with E-state index in [4.69, 9.17) is 0 Å². The molecule has 0 radical (unpaired) electrons. The Bertz CT molecular complexity index is 349. The monoisotopic (exact) mass is 535 g/mol. The molecule has 0 nitrogen and oxygen atoms in total. The third-order valence-corrected chi connectivity index (χ3v) is 9.10. The van der Waals surface area contributed by atoms with Crippen molar-refractivity contribution in [1.29, 1.82) is 0 Å². The molecule has 38 heavy (non-hydrogen) atoms. The fourth-order valence-electron chi connectivity index (χ4n) is 6.23. The van der Waals surface area contributed by atoms with Crippen LogP contribution in [-0.4, -0.2) is 0 Å². The average Bonchev–Trinajstić information content (AvgIpc) is 2.92. The van der Waals surface area contributed by atoms with E-state index in [1.54, 1.807) is 0 Å². The van der Waals surface area contributed by atoms with Gasteiger partial charge >= 0.3 is 0 Å². The Balaban J connectivity index is 3.13. The Labute approximate surface area is 244 Å². The van der Waals surface area contributed by atoms with Gasteiger partial charge in [-0.15, -0.1) is 0 Å². The van der Waals surface area contributed by atoms with Crippen molar-refractivity contribution in [2.75, 3.05) is 0 Å². The lowest BCUT2D eigenvalue weighted by atomic mass is 9.95. The molecule has 0 atom stereocenters. The van der Waals surface area contributed by atoms with Gasteiger partial charge in [0, 0.05) is 0 Å². The molecule has 0 saturated heterocycles. The minimum Gasteiger partial charge on any atom is -0.0654 e. The van der Waals surface area contributed by atoms with Crippen molar-refractivity contribution in [3.63, 3.8) is 0 Å². The second kappa shape index (κ2) is 35.0. The van der Waals surface area contributed by atoms with Gasteiger partial charge in [0.1, 0.15) is 0 Å². The molecule has 0 bridgehead atoms. The zero-order valence-corrected chi connectivity index (χ0v) is 27.6. The molecule has 0 aliphatic rings. The lowest BCUT2D eigenvalue weighted by molar-refractivity contribution is 0.429. The summed E-state index contributed by atoms with van der Waals surface area (Å²) in [5, 5.41) is 0. The van der Waals surface area contributed by atoms with Gasteiger partial charge in [-0.1, -0.05) is 239 Å². The second-order valence-electron chi connectivity index (χ2n) is 13.3. The molecular weight excluding hydrogens is 456 g/mol. The minimum atomic E-state index is 0.966. The van der Waals surface area contributed by atoms with Crippen molar-refractivity contribution in [2.45, 2.75) is 239 Å². The van der Waals surface area contributed by atoms with E-state index >= 15 is 0 Å². The highest BCUT2D eigenvalue weighted by Gasteiger charge is 2.02. The molecule has 0 rings (SSSR count). The fourth-order valence-corrected chi connectivity index (χ4v) is 6.23. The number of rotatable bonds is 34. The van der Waals surface area contributed by atoms with Gasteiger partial charge in [-0.05, 0) is 5.92 Å². The first-order valence-electron chi connectivity index (χ1n) is 18.8. The summed E-state index contributed by atoms with van der Waals surface area (Å²) < 4.78 is 0. The molecule has 0 saturated carbocycles. The largest absolute Gasteiger partial charge is 0.0654 e. The van der Waals surface area contributed by atoms with Crippen LogP contribution in [0, 0.1) is 5.92 Å². The first kappa shape index (κ1) is 38.0. The summed E-state index contributed by atoms with van der Waals surface area (Å²) in [7, 11) is 0. The smallest absolute Gasteiger partial charge is 0.0443 e. The molecule has 0 aromatic heterocycles. The van der Waals surface area contributed by atoms with Crippen LogP contribution in [-0.2, 0) is 0 Å². The van der Waals surface area contributed by atoms with Crippen molar-refractivity contribution in [3.05, 3.63) is 0 Å². The van der Waals surface area contributed by atoms with Crippen LogP contribution in [0.3, 0.4) is 0 Å². The third-order valence-electron chi connectivity index (χ3n) is 9.10. The van der Waals surface area contributed by atoms with E-state index in [0.717, 1.165) is 5.92 Å². The van der Waals surface area contributed by atoms with E-state index in [1.807, 2.05) is 0 Å². The standard InChI is InChI=1S/C38H78/c1-4-6-8-10-12-14-16-18-20-22-24-26-28-30-32-34-36-38(3)37-35-33-31-29-27-25-23-21-19-17-15-13-11-9-7-5-2/h38H,4-37H2,1-3H3. The maximum absolute atomic E-state index is 2.51. The summed E-state index contributed by atoms with van der Waals surface area (Å²) in [6.07, 6.45) is 50.2. The first-order chi connectivity index (χ1) is 18.8. The van der Waals surface area contributed by atoms with Gasteiger partial charge < -0.3 is 0 Å². The van der Waals surface area contributed by atoms with Crippen LogP contribution in [0.2, 0.25) is 0 Å². The topological polar surface area (TPSA) is 0 Å². The van der Waals surface area contributed by atoms with E-state index in [-0.39, 0.29) is 0 Å². The van der Waals surface area contributed by atoms with Crippen LogP contribution in [0.25, 0.3) is 0 Å². The highest BCUT2D eigenvalue weighted by atomic mass is 14.1. The van der Waals surface area contributed by atoms with Gasteiger partial charge in [-0.2, -0.15) is 0 Å². The van der Waals surface area contributed by atoms with Crippen LogP contribution in [0.4, 0.5) is 0 Å². The molecule has 0 aromatic rings. The predicted molar refractivity (Wildman–Crippen MR) is 177 cm³/mol. The quantitative estimate of drug-likeness (QED) is 0.0720. The Morgan fingerprint density at radius 2 is 0.395 bits per heavy atom. The predicted octanol–water partition coefficient (Wildman–Crippen LogP) is 14.9. The Morgan fingerprint density at radius 3 is 0.579 bits per heavy atom. The van der Waals surface area contributed by atoms with Crippen LogP contribution in [0.15, 0.2) is 0 Å². The molecular formula is C38H78.